The number of amides is 1. The first-order chi connectivity index (χ1) is 14.2. The summed E-state index contributed by atoms with van der Waals surface area (Å²) >= 11 is 0. The van der Waals surface area contributed by atoms with E-state index in [-0.39, 0.29) is 6.54 Å². The number of hydrogen-bond acceptors (Lipinski definition) is 6. The van der Waals surface area contributed by atoms with Gasteiger partial charge in [-0.1, -0.05) is 18.2 Å². The lowest BCUT2D eigenvalue weighted by molar-refractivity contribution is -0.135. The van der Waals surface area contributed by atoms with Gasteiger partial charge < -0.3 is 19.7 Å². The highest BCUT2D eigenvalue weighted by Gasteiger charge is 2.27. The standard InChI is InChI=1S/C20H21N3O6S/c1-29-14-6-3-5-13(11-14)19(20(26)22-30(2,27)28)23-10-9-15-16(21-12-18(24)25)7-4-8-17(15)23/h3-11,19,21H,12H2,1-2H3,(H,22,26)(H,24,25). The Kier molecular flexibility index (Phi) is 5.97. The first-order valence-corrected chi connectivity index (χ1v) is 10.8. The fraction of sp³-hybridized carbons (Fsp3) is 0.200. The van der Waals surface area contributed by atoms with Gasteiger partial charge in [-0.25, -0.2) is 8.42 Å². The highest BCUT2D eigenvalue weighted by atomic mass is 32.2. The van der Waals surface area contributed by atoms with Crippen molar-refractivity contribution in [1.82, 2.24) is 9.29 Å². The van der Waals surface area contributed by atoms with Gasteiger partial charge in [0.15, 0.2) is 0 Å². The summed E-state index contributed by atoms with van der Waals surface area (Å²) in [5.74, 6) is -1.22. The van der Waals surface area contributed by atoms with E-state index in [1.165, 1.54) is 7.11 Å². The van der Waals surface area contributed by atoms with Gasteiger partial charge in [0.05, 0.1) is 18.9 Å². The molecule has 0 fully saturated rings. The third-order valence-corrected chi connectivity index (χ3v) is 4.99. The fourth-order valence-corrected chi connectivity index (χ4v) is 3.70. The molecule has 1 unspecified atom stereocenters. The van der Waals surface area contributed by atoms with Gasteiger partial charge in [0, 0.05) is 17.3 Å². The van der Waals surface area contributed by atoms with Gasteiger partial charge in [-0.2, -0.15) is 0 Å². The Morgan fingerprint density at radius 3 is 2.57 bits per heavy atom. The summed E-state index contributed by atoms with van der Waals surface area (Å²) in [4.78, 5) is 23.9. The summed E-state index contributed by atoms with van der Waals surface area (Å²) < 4.78 is 32.3. The molecule has 0 spiro atoms. The Labute approximate surface area is 173 Å². The highest BCUT2D eigenvalue weighted by molar-refractivity contribution is 7.89. The molecule has 10 heteroatoms. The zero-order valence-electron chi connectivity index (χ0n) is 16.3. The van der Waals surface area contributed by atoms with Crippen LogP contribution >= 0.6 is 0 Å². The molecule has 1 atom stereocenters. The molecule has 0 saturated heterocycles. The summed E-state index contributed by atoms with van der Waals surface area (Å²) in [5.41, 5.74) is 1.74. The number of carboxylic acid groups (broad SMARTS) is 1. The number of fused-ring (bicyclic) bond motifs is 1. The maximum atomic E-state index is 13.0. The number of benzene rings is 2. The summed E-state index contributed by atoms with van der Waals surface area (Å²) in [5, 5.41) is 12.5. The average Bonchev–Trinajstić information content (AvgIpc) is 3.09. The Balaban J connectivity index is 2.13. The normalized spacial score (nSPS) is 12.3. The predicted octanol–water partition coefficient (Wildman–Crippen LogP) is 1.81. The topological polar surface area (TPSA) is 127 Å². The number of sulfonamides is 1. The van der Waals surface area contributed by atoms with E-state index >= 15 is 0 Å². The van der Waals surface area contributed by atoms with E-state index < -0.39 is 27.9 Å². The van der Waals surface area contributed by atoms with Crippen molar-refractivity contribution in [3.63, 3.8) is 0 Å². The minimum Gasteiger partial charge on any atom is -0.497 e. The highest BCUT2D eigenvalue weighted by Crippen LogP contribution is 2.31. The number of rotatable bonds is 8. The molecule has 158 valence electrons. The predicted molar refractivity (Wildman–Crippen MR) is 112 cm³/mol. The minimum atomic E-state index is -3.78. The number of nitrogens with zero attached hydrogens (tertiary/aromatic N) is 1. The first-order valence-electron chi connectivity index (χ1n) is 8.90. The monoisotopic (exact) mass is 431 g/mol. The van der Waals surface area contributed by atoms with E-state index in [9.17, 15) is 18.0 Å². The fourth-order valence-electron chi connectivity index (χ4n) is 3.23. The van der Waals surface area contributed by atoms with Crippen LogP contribution in [0, 0.1) is 0 Å². The molecule has 0 aliphatic carbocycles. The van der Waals surface area contributed by atoms with Crippen LogP contribution in [0.5, 0.6) is 5.75 Å². The van der Waals surface area contributed by atoms with Crippen molar-refractivity contribution in [2.45, 2.75) is 6.04 Å². The van der Waals surface area contributed by atoms with Crippen LogP contribution in [0.15, 0.2) is 54.7 Å². The van der Waals surface area contributed by atoms with Gasteiger partial charge in [-0.3, -0.25) is 14.3 Å². The Bertz CT molecular complexity index is 1200. The minimum absolute atomic E-state index is 0.266. The number of carbonyl (C=O) groups excluding carboxylic acids is 1. The van der Waals surface area contributed by atoms with Crippen LogP contribution in [0.1, 0.15) is 11.6 Å². The maximum Gasteiger partial charge on any atom is 0.322 e. The smallest absolute Gasteiger partial charge is 0.322 e. The Morgan fingerprint density at radius 1 is 1.17 bits per heavy atom. The zero-order chi connectivity index (χ0) is 21.9. The molecule has 0 aliphatic heterocycles. The van der Waals surface area contributed by atoms with Crippen LogP contribution in [-0.4, -0.2) is 49.9 Å². The van der Waals surface area contributed by atoms with Crippen LogP contribution < -0.4 is 14.8 Å². The molecule has 1 heterocycles. The Hall–Kier alpha value is -3.53. The second kappa shape index (κ2) is 8.46. The molecule has 0 bridgehead atoms. The van der Waals surface area contributed by atoms with Crippen molar-refractivity contribution in [2.75, 3.05) is 25.2 Å². The molecule has 30 heavy (non-hydrogen) atoms. The van der Waals surface area contributed by atoms with Crippen molar-refractivity contribution < 1.29 is 27.9 Å². The van der Waals surface area contributed by atoms with Crippen LogP contribution in [-0.2, 0) is 19.6 Å². The number of carboxylic acids is 1. The summed E-state index contributed by atoms with van der Waals surface area (Å²) in [7, 11) is -2.29. The third kappa shape index (κ3) is 4.71. The van der Waals surface area contributed by atoms with Crippen LogP contribution in [0.3, 0.4) is 0 Å². The number of aliphatic carboxylic acids is 1. The van der Waals surface area contributed by atoms with E-state index in [1.807, 2.05) is 4.72 Å². The molecule has 0 saturated carbocycles. The van der Waals surface area contributed by atoms with E-state index in [1.54, 1.807) is 59.3 Å². The van der Waals surface area contributed by atoms with Crippen molar-refractivity contribution in [3.05, 3.63) is 60.3 Å². The van der Waals surface area contributed by atoms with E-state index in [4.69, 9.17) is 9.84 Å². The van der Waals surface area contributed by atoms with E-state index in [0.717, 1.165) is 6.26 Å². The molecule has 1 aromatic heterocycles. The number of nitrogens with one attached hydrogen (secondary N) is 2. The molecule has 2 aromatic carbocycles. The van der Waals surface area contributed by atoms with Gasteiger partial charge in [-0.05, 0) is 35.9 Å². The molecule has 3 N–H and O–H groups in total. The van der Waals surface area contributed by atoms with Crippen LogP contribution in [0.25, 0.3) is 10.9 Å². The molecular weight excluding hydrogens is 410 g/mol. The molecule has 0 aliphatic rings. The molecule has 9 nitrogen and oxygen atoms in total. The van der Waals surface area contributed by atoms with Crippen molar-refractivity contribution in [2.24, 2.45) is 0 Å². The molecular formula is C20H21N3O6S. The number of carbonyl (C=O) groups is 2. The quantitative estimate of drug-likeness (QED) is 0.496. The van der Waals surface area contributed by atoms with Gasteiger partial charge in [0.25, 0.3) is 5.91 Å². The largest absolute Gasteiger partial charge is 0.497 e. The number of ether oxygens (including phenoxy) is 1. The van der Waals surface area contributed by atoms with Crippen molar-refractivity contribution in [1.29, 1.82) is 0 Å². The summed E-state index contributed by atoms with van der Waals surface area (Å²) in [6.45, 7) is -0.266. The number of methoxy groups -OCH3 is 1. The number of hydrogen-bond donors (Lipinski definition) is 3. The van der Waals surface area contributed by atoms with Gasteiger partial charge in [0.1, 0.15) is 18.3 Å². The van der Waals surface area contributed by atoms with E-state index in [2.05, 4.69) is 5.32 Å². The SMILES string of the molecule is COc1cccc(C(C(=O)NS(C)(=O)=O)n2ccc3c(NCC(=O)O)cccc32)c1. The molecule has 1 amide bonds. The van der Waals surface area contributed by atoms with Crippen LogP contribution in [0.4, 0.5) is 5.69 Å². The van der Waals surface area contributed by atoms with Gasteiger partial charge in [-0.15, -0.1) is 0 Å². The number of aromatic nitrogens is 1. The molecule has 0 radical (unpaired) electrons. The summed E-state index contributed by atoms with van der Waals surface area (Å²) in [6, 6.07) is 12.7. The third-order valence-electron chi connectivity index (χ3n) is 4.42. The molecule has 3 rings (SSSR count). The lowest BCUT2D eigenvalue weighted by atomic mass is 10.1. The van der Waals surface area contributed by atoms with Gasteiger partial charge in [0.2, 0.25) is 10.0 Å². The second-order valence-electron chi connectivity index (χ2n) is 6.63. The first kappa shape index (κ1) is 21.2. The maximum absolute atomic E-state index is 13.0. The Morgan fingerprint density at radius 2 is 1.90 bits per heavy atom. The molecule has 3 aromatic rings. The second-order valence-corrected chi connectivity index (χ2v) is 8.37. The lowest BCUT2D eigenvalue weighted by Crippen LogP contribution is -2.36. The summed E-state index contributed by atoms with van der Waals surface area (Å²) in [6.07, 6.45) is 2.57. The average molecular weight is 431 g/mol. The van der Waals surface area contributed by atoms with Crippen LogP contribution in [0.2, 0.25) is 0 Å². The number of anilines is 1. The van der Waals surface area contributed by atoms with Crippen molar-refractivity contribution in [3.8, 4) is 5.75 Å². The van der Waals surface area contributed by atoms with Gasteiger partial charge >= 0.3 is 5.97 Å². The van der Waals surface area contributed by atoms with E-state index in [0.29, 0.717) is 27.9 Å². The zero-order valence-corrected chi connectivity index (χ0v) is 17.1. The van der Waals surface area contributed by atoms with Crippen molar-refractivity contribution >= 4 is 38.5 Å². The lowest BCUT2D eigenvalue weighted by Gasteiger charge is -2.20.